The molecule has 1 aromatic rings. The summed E-state index contributed by atoms with van der Waals surface area (Å²) in [4.78, 5) is 4.49. The Morgan fingerprint density at radius 2 is 2.31 bits per heavy atom. The minimum absolute atomic E-state index is 0.590. The molecule has 1 heterocycles. The first kappa shape index (κ1) is 10.7. The summed E-state index contributed by atoms with van der Waals surface area (Å²) in [6.07, 6.45) is 2.22. The van der Waals surface area contributed by atoms with Crippen LogP contribution >= 0.6 is 11.3 Å². The lowest BCUT2D eigenvalue weighted by Crippen LogP contribution is -2.24. The molecule has 1 unspecified atom stereocenters. The maximum absolute atomic E-state index is 4.49. The second-order valence-electron chi connectivity index (χ2n) is 3.28. The number of nitrogens with zero attached hydrogens (tertiary/aromatic N) is 1. The van der Waals surface area contributed by atoms with Gasteiger partial charge in [0, 0.05) is 18.0 Å². The van der Waals surface area contributed by atoms with E-state index in [1.807, 2.05) is 0 Å². The zero-order valence-corrected chi connectivity index (χ0v) is 9.45. The molecule has 0 saturated heterocycles. The lowest BCUT2D eigenvalue weighted by atomic mass is 10.2. The molecule has 0 amide bonds. The number of aromatic nitrogens is 1. The number of hydrogen-bond acceptors (Lipinski definition) is 3. The molecule has 0 aliphatic heterocycles. The Kier molecular flexibility index (Phi) is 4.39. The van der Waals surface area contributed by atoms with E-state index >= 15 is 0 Å². The summed E-state index contributed by atoms with van der Waals surface area (Å²) in [5.41, 5.74) is 1.18. The van der Waals surface area contributed by atoms with Gasteiger partial charge in [0.15, 0.2) is 0 Å². The molecule has 1 rings (SSSR count). The van der Waals surface area contributed by atoms with Gasteiger partial charge in [0.25, 0.3) is 0 Å². The number of hydrogen-bond donors (Lipinski definition) is 1. The SMILES string of the molecule is CCc1nc(CNC(C)CC)cs1. The molecule has 3 heteroatoms. The van der Waals surface area contributed by atoms with Crippen LogP contribution in [0.2, 0.25) is 0 Å². The largest absolute Gasteiger partial charge is 0.309 e. The molecule has 1 N–H and O–H groups in total. The van der Waals surface area contributed by atoms with E-state index in [2.05, 4.69) is 36.5 Å². The topological polar surface area (TPSA) is 24.9 Å². The molecule has 0 aromatic carbocycles. The molecule has 13 heavy (non-hydrogen) atoms. The van der Waals surface area contributed by atoms with E-state index in [0.29, 0.717) is 6.04 Å². The third-order valence-corrected chi connectivity index (χ3v) is 3.19. The fraction of sp³-hybridized carbons (Fsp3) is 0.700. The Bertz CT molecular complexity index is 245. The van der Waals surface area contributed by atoms with Gasteiger partial charge < -0.3 is 5.32 Å². The molecule has 0 aliphatic rings. The third-order valence-electron chi connectivity index (χ3n) is 2.15. The molecule has 0 spiro atoms. The summed E-state index contributed by atoms with van der Waals surface area (Å²) in [6.45, 7) is 7.44. The van der Waals surface area contributed by atoms with Crippen LogP contribution in [0.1, 0.15) is 37.9 Å². The van der Waals surface area contributed by atoms with Crippen molar-refractivity contribution in [3.8, 4) is 0 Å². The minimum Gasteiger partial charge on any atom is -0.309 e. The maximum Gasteiger partial charge on any atom is 0.0926 e. The number of thiazole rings is 1. The first-order valence-electron chi connectivity index (χ1n) is 4.92. The molecule has 1 aromatic heterocycles. The van der Waals surface area contributed by atoms with Gasteiger partial charge in [-0.3, -0.25) is 0 Å². The van der Waals surface area contributed by atoms with Crippen LogP contribution in [-0.2, 0) is 13.0 Å². The highest BCUT2D eigenvalue weighted by Crippen LogP contribution is 2.09. The van der Waals surface area contributed by atoms with Gasteiger partial charge >= 0.3 is 0 Å². The van der Waals surface area contributed by atoms with Gasteiger partial charge in [0.2, 0.25) is 0 Å². The molecule has 0 saturated carbocycles. The smallest absolute Gasteiger partial charge is 0.0926 e. The molecule has 0 bridgehead atoms. The summed E-state index contributed by atoms with van der Waals surface area (Å²) in [6, 6.07) is 0.590. The molecule has 0 aliphatic carbocycles. The van der Waals surface area contributed by atoms with Gasteiger partial charge in [0.1, 0.15) is 0 Å². The van der Waals surface area contributed by atoms with E-state index < -0.39 is 0 Å². The average molecular weight is 198 g/mol. The fourth-order valence-corrected chi connectivity index (χ4v) is 1.76. The van der Waals surface area contributed by atoms with Crippen molar-refractivity contribution in [2.24, 2.45) is 0 Å². The van der Waals surface area contributed by atoms with Crippen molar-refractivity contribution < 1.29 is 0 Å². The third kappa shape index (κ3) is 3.44. The van der Waals surface area contributed by atoms with Gasteiger partial charge in [-0.15, -0.1) is 11.3 Å². The van der Waals surface area contributed by atoms with E-state index in [4.69, 9.17) is 0 Å². The zero-order valence-electron chi connectivity index (χ0n) is 8.63. The second-order valence-corrected chi connectivity index (χ2v) is 4.22. The summed E-state index contributed by atoms with van der Waals surface area (Å²) in [5.74, 6) is 0. The summed E-state index contributed by atoms with van der Waals surface area (Å²) in [5, 5.41) is 6.81. The lowest BCUT2D eigenvalue weighted by Gasteiger charge is -2.08. The van der Waals surface area contributed by atoms with Crippen LogP contribution in [0.5, 0.6) is 0 Å². The molecule has 74 valence electrons. The minimum atomic E-state index is 0.590. The van der Waals surface area contributed by atoms with Gasteiger partial charge in [-0.05, 0) is 19.8 Å². The first-order chi connectivity index (χ1) is 6.26. The number of aryl methyl sites for hydroxylation is 1. The monoisotopic (exact) mass is 198 g/mol. The standard InChI is InChI=1S/C10H18N2S/c1-4-8(3)11-6-9-7-13-10(5-2)12-9/h7-8,11H,4-6H2,1-3H3. The van der Waals surface area contributed by atoms with Crippen LogP contribution in [0.25, 0.3) is 0 Å². The van der Waals surface area contributed by atoms with E-state index in [-0.39, 0.29) is 0 Å². The average Bonchev–Trinajstić information content (AvgIpc) is 2.61. The van der Waals surface area contributed by atoms with Crippen LogP contribution in [0.4, 0.5) is 0 Å². The highest BCUT2D eigenvalue weighted by molar-refractivity contribution is 7.09. The Morgan fingerprint density at radius 3 is 2.85 bits per heavy atom. The molecule has 0 fully saturated rings. The number of rotatable bonds is 5. The predicted molar refractivity (Wildman–Crippen MR) is 58.1 cm³/mol. The van der Waals surface area contributed by atoms with Gasteiger partial charge in [-0.2, -0.15) is 0 Å². The van der Waals surface area contributed by atoms with Crippen molar-refractivity contribution in [1.29, 1.82) is 0 Å². The highest BCUT2D eigenvalue weighted by atomic mass is 32.1. The second kappa shape index (κ2) is 5.35. The molecule has 2 nitrogen and oxygen atoms in total. The van der Waals surface area contributed by atoms with Crippen molar-refractivity contribution in [2.45, 2.75) is 46.2 Å². The van der Waals surface area contributed by atoms with Gasteiger partial charge in [-0.25, -0.2) is 4.98 Å². The fourth-order valence-electron chi connectivity index (χ4n) is 1.02. The van der Waals surface area contributed by atoms with Gasteiger partial charge in [0.05, 0.1) is 10.7 Å². The van der Waals surface area contributed by atoms with Crippen molar-refractivity contribution in [2.75, 3.05) is 0 Å². The predicted octanol–water partition coefficient (Wildman–Crippen LogP) is 2.59. The normalized spacial score (nSPS) is 13.2. The highest BCUT2D eigenvalue weighted by Gasteiger charge is 2.01. The van der Waals surface area contributed by atoms with Crippen molar-refractivity contribution >= 4 is 11.3 Å². The lowest BCUT2D eigenvalue weighted by molar-refractivity contribution is 0.530. The van der Waals surface area contributed by atoms with Crippen LogP contribution in [0.15, 0.2) is 5.38 Å². The van der Waals surface area contributed by atoms with E-state index in [0.717, 1.165) is 13.0 Å². The van der Waals surface area contributed by atoms with Crippen LogP contribution < -0.4 is 5.32 Å². The quantitative estimate of drug-likeness (QED) is 0.786. The zero-order chi connectivity index (χ0) is 9.68. The van der Waals surface area contributed by atoms with Crippen molar-refractivity contribution in [3.05, 3.63) is 16.1 Å². The van der Waals surface area contributed by atoms with Crippen LogP contribution in [0.3, 0.4) is 0 Å². The Hall–Kier alpha value is -0.410. The summed E-state index contributed by atoms with van der Waals surface area (Å²) < 4.78 is 0. The molecular weight excluding hydrogens is 180 g/mol. The van der Waals surface area contributed by atoms with E-state index in [1.54, 1.807) is 11.3 Å². The summed E-state index contributed by atoms with van der Waals surface area (Å²) >= 11 is 1.76. The van der Waals surface area contributed by atoms with Crippen LogP contribution in [0, 0.1) is 0 Å². The van der Waals surface area contributed by atoms with E-state index in [9.17, 15) is 0 Å². The molecule has 1 atom stereocenters. The summed E-state index contributed by atoms with van der Waals surface area (Å²) in [7, 11) is 0. The van der Waals surface area contributed by atoms with Crippen molar-refractivity contribution in [3.63, 3.8) is 0 Å². The van der Waals surface area contributed by atoms with E-state index in [1.165, 1.54) is 17.1 Å². The van der Waals surface area contributed by atoms with Crippen LogP contribution in [-0.4, -0.2) is 11.0 Å². The Labute approximate surface area is 84.4 Å². The van der Waals surface area contributed by atoms with Gasteiger partial charge in [-0.1, -0.05) is 13.8 Å². The van der Waals surface area contributed by atoms with Crippen molar-refractivity contribution in [1.82, 2.24) is 10.3 Å². The molecular formula is C10H18N2S. The first-order valence-corrected chi connectivity index (χ1v) is 5.80. The maximum atomic E-state index is 4.49. The number of nitrogens with one attached hydrogen (secondary N) is 1. The Morgan fingerprint density at radius 1 is 1.54 bits per heavy atom. The molecule has 0 radical (unpaired) electrons. The Balaban J connectivity index is 2.36.